The van der Waals surface area contributed by atoms with E-state index < -0.39 is 0 Å². The van der Waals surface area contributed by atoms with Gasteiger partial charge in [0.05, 0.1) is 18.2 Å². The molecule has 2 rings (SSSR count). The Morgan fingerprint density at radius 3 is 2.67 bits per heavy atom. The van der Waals surface area contributed by atoms with Crippen molar-refractivity contribution in [1.82, 2.24) is 15.2 Å². The molecule has 1 fully saturated rings. The zero-order chi connectivity index (χ0) is 15.9. The van der Waals surface area contributed by atoms with E-state index in [1.165, 1.54) is 11.3 Å². The number of amides is 1. The van der Waals surface area contributed by atoms with Gasteiger partial charge in [-0.15, -0.1) is 36.2 Å². The molecule has 9 heteroatoms. The van der Waals surface area contributed by atoms with Crippen LogP contribution in [0, 0.1) is 5.92 Å². The lowest BCUT2D eigenvalue weighted by Gasteiger charge is -2.36. The SMILES string of the molecule is CC(C)C(CNC(=O)c1csc(CCN)n1)N1CCOCC1.Cl.Cl. The third-order valence-electron chi connectivity index (χ3n) is 3.90. The van der Waals surface area contributed by atoms with Crippen molar-refractivity contribution in [2.75, 3.05) is 39.4 Å². The Labute approximate surface area is 160 Å². The van der Waals surface area contributed by atoms with Gasteiger partial charge in [0.1, 0.15) is 5.69 Å². The lowest BCUT2D eigenvalue weighted by atomic mass is 10.0. The Balaban J connectivity index is 0.00000264. The van der Waals surface area contributed by atoms with Crippen molar-refractivity contribution < 1.29 is 9.53 Å². The Bertz CT molecular complexity index is 482. The molecule has 1 aromatic heterocycles. The van der Waals surface area contributed by atoms with Crippen LogP contribution >= 0.6 is 36.2 Å². The minimum atomic E-state index is -0.0987. The van der Waals surface area contributed by atoms with Crippen molar-refractivity contribution in [3.63, 3.8) is 0 Å². The maximum Gasteiger partial charge on any atom is 0.270 e. The highest BCUT2D eigenvalue weighted by Crippen LogP contribution is 2.13. The number of thiazole rings is 1. The molecule has 0 aliphatic carbocycles. The molecule has 0 saturated carbocycles. The van der Waals surface area contributed by atoms with Gasteiger partial charge < -0.3 is 15.8 Å². The van der Waals surface area contributed by atoms with Gasteiger partial charge in [-0.25, -0.2) is 4.98 Å². The van der Waals surface area contributed by atoms with Crippen LogP contribution in [0.5, 0.6) is 0 Å². The van der Waals surface area contributed by atoms with Crippen LogP contribution in [0.2, 0.25) is 0 Å². The number of morpholine rings is 1. The van der Waals surface area contributed by atoms with Crippen molar-refractivity contribution >= 4 is 42.1 Å². The van der Waals surface area contributed by atoms with Crippen LogP contribution in [0.1, 0.15) is 29.3 Å². The summed E-state index contributed by atoms with van der Waals surface area (Å²) in [5.74, 6) is 0.375. The molecule has 1 aliphatic rings. The summed E-state index contributed by atoms with van der Waals surface area (Å²) in [4.78, 5) is 19.0. The number of carbonyl (C=O) groups excluding carboxylic acids is 1. The molecule has 0 radical (unpaired) electrons. The summed E-state index contributed by atoms with van der Waals surface area (Å²) in [7, 11) is 0. The van der Waals surface area contributed by atoms with Crippen LogP contribution in [0.25, 0.3) is 0 Å². The van der Waals surface area contributed by atoms with Crippen molar-refractivity contribution in [3.05, 3.63) is 16.1 Å². The Morgan fingerprint density at radius 2 is 2.08 bits per heavy atom. The number of halogens is 2. The maximum absolute atomic E-state index is 12.2. The molecule has 0 bridgehead atoms. The zero-order valence-electron chi connectivity index (χ0n) is 14.2. The number of nitrogens with zero attached hydrogens (tertiary/aromatic N) is 2. The highest BCUT2D eigenvalue weighted by Gasteiger charge is 2.24. The van der Waals surface area contributed by atoms with Gasteiger partial charge in [-0.3, -0.25) is 9.69 Å². The van der Waals surface area contributed by atoms with Gasteiger partial charge in [-0.2, -0.15) is 0 Å². The van der Waals surface area contributed by atoms with E-state index in [-0.39, 0.29) is 30.7 Å². The molecule has 1 aliphatic heterocycles. The fourth-order valence-corrected chi connectivity index (χ4v) is 3.43. The molecule has 3 N–H and O–H groups in total. The molecule has 1 unspecified atom stereocenters. The van der Waals surface area contributed by atoms with Gasteiger partial charge in [0.2, 0.25) is 0 Å². The lowest BCUT2D eigenvalue weighted by molar-refractivity contribution is 0.00671. The average molecular weight is 399 g/mol. The van der Waals surface area contributed by atoms with Gasteiger partial charge in [-0.1, -0.05) is 13.8 Å². The quantitative estimate of drug-likeness (QED) is 0.728. The molecule has 0 spiro atoms. The molecule has 0 aromatic carbocycles. The number of carbonyl (C=O) groups is 1. The number of aromatic nitrogens is 1. The highest BCUT2D eigenvalue weighted by molar-refractivity contribution is 7.09. The average Bonchev–Trinajstić information content (AvgIpc) is 2.97. The van der Waals surface area contributed by atoms with E-state index in [2.05, 4.69) is 29.0 Å². The maximum atomic E-state index is 12.2. The predicted molar refractivity (Wildman–Crippen MR) is 103 cm³/mol. The summed E-state index contributed by atoms with van der Waals surface area (Å²) >= 11 is 1.49. The Morgan fingerprint density at radius 1 is 1.42 bits per heavy atom. The minimum Gasteiger partial charge on any atom is -0.379 e. The summed E-state index contributed by atoms with van der Waals surface area (Å²) < 4.78 is 5.40. The second-order valence-electron chi connectivity index (χ2n) is 5.83. The van der Waals surface area contributed by atoms with Crippen LogP contribution < -0.4 is 11.1 Å². The van der Waals surface area contributed by atoms with Crippen LogP contribution in [0.15, 0.2) is 5.38 Å². The van der Waals surface area contributed by atoms with E-state index in [0.717, 1.165) is 37.7 Å². The standard InChI is InChI=1S/C15H26N4O2S.2ClH/c1-11(2)13(19-5-7-21-8-6-19)9-17-15(20)12-10-22-14(18-12)3-4-16;;/h10-11,13H,3-9,16H2,1-2H3,(H,17,20);2*1H. The first-order valence-corrected chi connectivity index (χ1v) is 8.74. The first-order chi connectivity index (χ1) is 10.6. The van der Waals surface area contributed by atoms with Gasteiger partial charge in [0, 0.05) is 37.5 Å². The monoisotopic (exact) mass is 398 g/mol. The Hall–Kier alpha value is -0.440. The number of nitrogens with one attached hydrogen (secondary N) is 1. The fourth-order valence-electron chi connectivity index (χ4n) is 2.64. The number of hydrogen-bond acceptors (Lipinski definition) is 6. The minimum absolute atomic E-state index is 0. The fraction of sp³-hybridized carbons (Fsp3) is 0.733. The number of rotatable bonds is 7. The summed E-state index contributed by atoms with van der Waals surface area (Å²) in [5, 5.41) is 5.75. The second-order valence-corrected chi connectivity index (χ2v) is 6.78. The van der Waals surface area contributed by atoms with Crippen LogP contribution in [-0.4, -0.2) is 61.2 Å². The second kappa shape index (κ2) is 12.0. The number of ether oxygens (including phenoxy) is 1. The first-order valence-electron chi connectivity index (χ1n) is 7.86. The zero-order valence-corrected chi connectivity index (χ0v) is 16.6. The van der Waals surface area contributed by atoms with Crippen LogP contribution in [0.4, 0.5) is 0 Å². The molecule has 24 heavy (non-hydrogen) atoms. The lowest BCUT2D eigenvalue weighted by Crippen LogP contribution is -2.51. The number of hydrogen-bond donors (Lipinski definition) is 2. The van der Waals surface area contributed by atoms with E-state index >= 15 is 0 Å². The van der Waals surface area contributed by atoms with E-state index in [4.69, 9.17) is 10.5 Å². The Kier molecular flexibility index (Phi) is 11.8. The molecule has 1 amide bonds. The molecule has 2 heterocycles. The van der Waals surface area contributed by atoms with Gasteiger partial charge >= 0.3 is 0 Å². The van der Waals surface area contributed by atoms with E-state index in [1.54, 1.807) is 5.38 Å². The normalized spacial score (nSPS) is 16.2. The van der Waals surface area contributed by atoms with Crippen molar-refractivity contribution in [2.45, 2.75) is 26.3 Å². The molecular weight excluding hydrogens is 371 g/mol. The van der Waals surface area contributed by atoms with E-state index in [0.29, 0.717) is 30.7 Å². The molecule has 6 nitrogen and oxygen atoms in total. The van der Waals surface area contributed by atoms with Crippen LogP contribution in [0.3, 0.4) is 0 Å². The largest absolute Gasteiger partial charge is 0.379 e. The smallest absolute Gasteiger partial charge is 0.270 e. The highest BCUT2D eigenvalue weighted by atomic mass is 35.5. The first kappa shape index (κ1) is 23.6. The van der Waals surface area contributed by atoms with E-state index in [1.807, 2.05) is 0 Å². The third kappa shape index (κ3) is 6.82. The van der Waals surface area contributed by atoms with Gasteiger partial charge in [0.15, 0.2) is 0 Å². The topological polar surface area (TPSA) is 80.5 Å². The molecular formula is C15H28Cl2N4O2S. The molecule has 140 valence electrons. The van der Waals surface area contributed by atoms with Gasteiger partial charge in [0.25, 0.3) is 5.91 Å². The number of nitrogens with two attached hydrogens (primary N) is 1. The summed E-state index contributed by atoms with van der Waals surface area (Å²) in [6, 6.07) is 0.329. The van der Waals surface area contributed by atoms with Gasteiger partial charge in [-0.05, 0) is 12.5 Å². The third-order valence-corrected chi connectivity index (χ3v) is 4.81. The van der Waals surface area contributed by atoms with Crippen LogP contribution in [-0.2, 0) is 11.2 Å². The van der Waals surface area contributed by atoms with Crippen molar-refractivity contribution in [3.8, 4) is 0 Å². The van der Waals surface area contributed by atoms with Crippen molar-refractivity contribution in [2.24, 2.45) is 11.7 Å². The predicted octanol–water partition coefficient (Wildman–Crippen LogP) is 1.57. The molecule has 1 atom stereocenters. The summed E-state index contributed by atoms with van der Waals surface area (Å²) in [5.41, 5.74) is 6.01. The molecule has 1 aromatic rings. The summed E-state index contributed by atoms with van der Waals surface area (Å²) in [6.45, 7) is 8.97. The molecule has 1 saturated heterocycles. The van der Waals surface area contributed by atoms with E-state index in [9.17, 15) is 4.79 Å². The van der Waals surface area contributed by atoms with Crippen molar-refractivity contribution in [1.29, 1.82) is 0 Å². The summed E-state index contributed by atoms with van der Waals surface area (Å²) in [6.07, 6.45) is 0.723.